The third-order valence-electron chi connectivity index (χ3n) is 6.58. The molecular formula is C28H35FN2O3. The summed E-state index contributed by atoms with van der Waals surface area (Å²) in [6.07, 6.45) is -0.917. The predicted molar refractivity (Wildman–Crippen MR) is 135 cm³/mol. The van der Waals surface area contributed by atoms with Crippen LogP contribution in [0.15, 0.2) is 30.3 Å². The summed E-state index contributed by atoms with van der Waals surface area (Å²) in [4.78, 5) is 15.3. The number of hydrogen-bond donors (Lipinski definition) is 0. The molecule has 0 N–H and O–H groups in total. The van der Waals surface area contributed by atoms with E-state index >= 15 is 0 Å². The number of esters is 1. The molecule has 1 aromatic heterocycles. The average molecular weight is 467 g/mol. The summed E-state index contributed by atoms with van der Waals surface area (Å²) in [6, 6.07) is 10.5. The number of carbonyl (C=O) groups is 1. The minimum atomic E-state index is -0.917. The molecule has 1 atom stereocenters. The molecule has 34 heavy (non-hydrogen) atoms. The van der Waals surface area contributed by atoms with Crippen LogP contribution in [0.2, 0.25) is 0 Å². The SMILES string of the molecule is COC(=O)[C@@H](OC(C)(C)C)c1c(C)c2c3c(cc(C)n3CCN2CCF)c1-c1ccc(C)cc1. The minimum Gasteiger partial charge on any atom is -0.467 e. The van der Waals surface area contributed by atoms with Gasteiger partial charge in [-0.2, -0.15) is 0 Å². The number of carbonyl (C=O) groups excluding carboxylic acids is 1. The van der Waals surface area contributed by atoms with Gasteiger partial charge in [-0.25, -0.2) is 9.18 Å². The molecule has 2 heterocycles. The van der Waals surface area contributed by atoms with Crippen LogP contribution in [0.5, 0.6) is 0 Å². The van der Waals surface area contributed by atoms with E-state index in [0.29, 0.717) is 13.1 Å². The number of ether oxygens (including phenoxy) is 2. The first kappa shape index (κ1) is 24.3. The zero-order chi connectivity index (χ0) is 24.8. The first-order valence-corrected chi connectivity index (χ1v) is 11.9. The Labute approximate surface area is 201 Å². The summed E-state index contributed by atoms with van der Waals surface area (Å²) in [6.45, 7) is 13.4. The topological polar surface area (TPSA) is 43.7 Å². The molecule has 0 aliphatic carbocycles. The molecule has 0 fully saturated rings. The zero-order valence-corrected chi connectivity index (χ0v) is 21.3. The highest BCUT2D eigenvalue weighted by Crippen LogP contribution is 2.48. The van der Waals surface area contributed by atoms with Gasteiger partial charge in [0.1, 0.15) is 6.67 Å². The lowest BCUT2D eigenvalue weighted by molar-refractivity contribution is -0.164. The van der Waals surface area contributed by atoms with Crippen molar-refractivity contribution in [1.82, 2.24) is 4.57 Å². The largest absolute Gasteiger partial charge is 0.467 e. The standard InChI is InChI=1S/C28H35FN2O3/c1-17-8-10-20(11-9-17)23-21-16-18(2)31-15-14-30(13-12-29)24(25(21)31)19(3)22(23)26(27(32)33-7)34-28(4,5)6/h8-11,16,26H,12-15H2,1-7H3/t26-/m0/s1. The number of aryl methyl sites for hydroxylation is 2. The van der Waals surface area contributed by atoms with Gasteiger partial charge in [-0.15, -0.1) is 0 Å². The Morgan fingerprint density at radius 2 is 1.79 bits per heavy atom. The molecular weight excluding hydrogens is 431 g/mol. The van der Waals surface area contributed by atoms with Crippen LogP contribution in [0.1, 0.15) is 49.3 Å². The van der Waals surface area contributed by atoms with Crippen LogP contribution in [-0.2, 0) is 20.8 Å². The zero-order valence-electron chi connectivity index (χ0n) is 21.3. The van der Waals surface area contributed by atoms with Crippen molar-refractivity contribution in [2.24, 2.45) is 0 Å². The Morgan fingerprint density at radius 3 is 2.38 bits per heavy atom. The molecule has 1 aliphatic rings. The van der Waals surface area contributed by atoms with Crippen LogP contribution >= 0.6 is 0 Å². The monoisotopic (exact) mass is 466 g/mol. The smallest absolute Gasteiger partial charge is 0.339 e. The van der Waals surface area contributed by atoms with E-state index in [4.69, 9.17) is 9.47 Å². The molecule has 0 unspecified atom stereocenters. The molecule has 4 rings (SSSR count). The summed E-state index contributed by atoms with van der Waals surface area (Å²) in [5, 5.41) is 1.05. The van der Waals surface area contributed by atoms with Crippen molar-refractivity contribution in [3.05, 3.63) is 52.7 Å². The van der Waals surface area contributed by atoms with Gasteiger partial charge in [0.05, 0.1) is 23.9 Å². The van der Waals surface area contributed by atoms with Crippen molar-refractivity contribution in [3.8, 4) is 11.1 Å². The van der Waals surface area contributed by atoms with E-state index in [1.165, 1.54) is 7.11 Å². The van der Waals surface area contributed by atoms with E-state index in [1.807, 2.05) is 27.7 Å². The summed E-state index contributed by atoms with van der Waals surface area (Å²) in [5.41, 5.74) is 7.50. The fraction of sp³-hybridized carbons (Fsp3) is 0.464. The Kier molecular flexibility index (Phi) is 6.47. The van der Waals surface area contributed by atoms with Crippen molar-refractivity contribution >= 4 is 22.6 Å². The molecule has 0 saturated heterocycles. The van der Waals surface area contributed by atoms with Gasteiger partial charge >= 0.3 is 5.97 Å². The number of nitrogens with zero attached hydrogens (tertiary/aromatic N) is 2. The lowest BCUT2D eigenvalue weighted by Gasteiger charge is -2.35. The van der Waals surface area contributed by atoms with E-state index < -0.39 is 24.3 Å². The van der Waals surface area contributed by atoms with Gasteiger partial charge < -0.3 is 18.9 Å². The second-order valence-corrected chi connectivity index (χ2v) is 10.1. The highest BCUT2D eigenvalue weighted by atomic mass is 19.1. The maximum absolute atomic E-state index is 13.6. The first-order valence-electron chi connectivity index (χ1n) is 11.9. The highest BCUT2D eigenvalue weighted by molar-refractivity contribution is 6.07. The second kappa shape index (κ2) is 9.06. The van der Waals surface area contributed by atoms with Crippen LogP contribution in [-0.4, -0.2) is 43.0 Å². The molecule has 5 nitrogen and oxygen atoms in total. The molecule has 0 amide bonds. The van der Waals surface area contributed by atoms with Gasteiger partial charge in [-0.05, 0) is 64.3 Å². The molecule has 0 radical (unpaired) electrons. The third kappa shape index (κ3) is 4.20. The van der Waals surface area contributed by atoms with E-state index in [1.54, 1.807) is 0 Å². The number of aromatic nitrogens is 1. The predicted octanol–water partition coefficient (Wildman–Crippen LogP) is 6.05. The summed E-state index contributed by atoms with van der Waals surface area (Å²) < 4.78 is 27.5. The number of anilines is 1. The van der Waals surface area contributed by atoms with Crippen LogP contribution in [0.3, 0.4) is 0 Å². The van der Waals surface area contributed by atoms with E-state index in [2.05, 4.69) is 53.6 Å². The molecule has 2 aromatic carbocycles. The van der Waals surface area contributed by atoms with Gasteiger partial charge in [-0.1, -0.05) is 29.8 Å². The summed E-state index contributed by atoms with van der Waals surface area (Å²) in [5.74, 6) is -0.443. The van der Waals surface area contributed by atoms with Crippen molar-refractivity contribution in [1.29, 1.82) is 0 Å². The Morgan fingerprint density at radius 1 is 1.12 bits per heavy atom. The normalized spacial score (nSPS) is 14.5. The fourth-order valence-electron chi connectivity index (χ4n) is 5.14. The second-order valence-electron chi connectivity index (χ2n) is 10.1. The van der Waals surface area contributed by atoms with E-state index in [0.717, 1.165) is 56.6 Å². The minimum absolute atomic E-state index is 0.312. The molecule has 0 bridgehead atoms. The van der Waals surface area contributed by atoms with Crippen molar-refractivity contribution in [2.75, 3.05) is 31.8 Å². The number of benzene rings is 2. The fourth-order valence-corrected chi connectivity index (χ4v) is 5.14. The number of hydrogen-bond acceptors (Lipinski definition) is 4. The van der Waals surface area contributed by atoms with Gasteiger partial charge in [0.2, 0.25) is 0 Å². The van der Waals surface area contributed by atoms with Crippen LogP contribution in [0, 0.1) is 20.8 Å². The lowest BCUT2D eigenvalue weighted by atomic mass is 9.87. The molecule has 0 spiro atoms. The maximum Gasteiger partial charge on any atom is 0.339 e. The van der Waals surface area contributed by atoms with Crippen molar-refractivity contribution in [3.63, 3.8) is 0 Å². The Balaban J connectivity index is 2.15. The van der Waals surface area contributed by atoms with Gasteiger partial charge in [0, 0.05) is 36.3 Å². The molecule has 6 heteroatoms. The van der Waals surface area contributed by atoms with E-state index in [-0.39, 0.29) is 0 Å². The van der Waals surface area contributed by atoms with Crippen LogP contribution < -0.4 is 4.90 Å². The molecule has 3 aromatic rings. The summed E-state index contributed by atoms with van der Waals surface area (Å²) in [7, 11) is 1.39. The number of alkyl halides is 1. The lowest BCUT2D eigenvalue weighted by Crippen LogP contribution is -2.35. The average Bonchev–Trinajstić information content (AvgIpc) is 3.11. The van der Waals surface area contributed by atoms with Crippen LogP contribution in [0.25, 0.3) is 22.0 Å². The molecule has 1 aliphatic heterocycles. The number of methoxy groups -OCH3 is 1. The van der Waals surface area contributed by atoms with Crippen molar-refractivity contribution < 1.29 is 18.7 Å². The first-order chi connectivity index (χ1) is 16.1. The Hall–Kier alpha value is -2.86. The van der Waals surface area contributed by atoms with Gasteiger partial charge in [-0.3, -0.25) is 0 Å². The van der Waals surface area contributed by atoms with Crippen molar-refractivity contribution in [2.45, 2.75) is 59.8 Å². The van der Waals surface area contributed by atoms with Crippen LogP contribution in [0.4, 0.5) is 10.1 Å². The number of rotatable bonds is 6. The molecule has 182 valence electrons. The highest BCUT2D eigenvalue weighted by Gasteiger charge is 2.36. The maximum atomic E-state index is 13.6. The molecule has 0 saturated carbocycles. The Bertz CT molecular complexity index is 1220. The van der Waals surface area contributed by atoms with Gasteiger partial charge in [0.15, 0.2) is 6.10 Å². The van der Waals surface area contributed by atoms with Gasteiger partial charge in [0.25, 0.3) is 0 Å². The quantitative estimate of drug-likeness (QED) is 0.415. The summed E-state index contributed by atoms with van der Waals surface area (Å²) >= 11 is 0. The third-order valence-corrected chi connectivity index (χ3v) is 6.58. The van der Waals surface area contributed by atoms with E-state index in [9.17, 15) is 9.18 Å². The number of halogens is 1.